The van der Waals surface area contributed by atoms with Gasteiger partial charge in [0.15, 0.2) is 0 Å². The van der Waals surface area contributed by atoms with Crippen LogP contribution in [0, 0.1) is 0 Å². The zero-order chi connectivity index (χ0) is 18.1. The minimum Gasteiger partial charge on any atom is -0.444 e. The largest absolute Gasteiger partial charge is 0.573 e. The third-order valence-electron chi connectivity index (χ3n) is 2.64. The highest BCUT2D eigenvalue weighted by atomic mass is 28.3. The molecule has 0 unspecified atom stereocenters. The molecule has 0 spiro atoms. The number of carbonyl (C=O) groups is 1. The molecule has 1 N–H and O–H groups in total. The molecule has 130 valence electrons. The summed E-state index contributed by atoms with van der Waals surface area (Å²) >= 11 is 0. The molecule has 0 radical (unpaired) electrons. The molecule has 1 aromatic rings. The summed E-state index contributed by atoms with van der Waals surface area (Å²) in [4.78, 5) is 11.9. The van der Waals surface area contributed by atoms with Gasteiger partial charge in [0.2, 0.25) is 0 Å². The van der Waals surface area contributed by atoms with Crippen molar-refractivity contribution in [2.24, 2.45) is 0 Å². The van der Waals surface area contributed by atoms with Crippen LogP contribution in [0.15, 0.2) is 18.2 Å². The van der Waals surface area contributed by atoms with Crippen LogP contribution in [0.1, 0.15) is 20.8 Å². The number of ether oxygens (including phenoxy) is 2. The molecular weight excluding hydrogens is 327 g/mol. The molecule has 1 amide bonds. The van der Waals surface area contributed by atoms with E-state index in [4.69, 9.17) is 4.74 Å². The molecule has 1 rings (SSSR count). The Kier molecular flexibility index (Phi) is 5.40. The first-order valence-electron chi connectivity index (χ1n) is 7.08. The summed E-state index contributed by atoms with van der Waals surface area (Å²) in [6, 6.07) is 4.19. The van der Waals surface area contributed by atoms with Crippen LogP contribution in [-0.2, 0) is 4.74 Å². The monoisotopic (exact) mass is 349 g/mol. The molecule has 0 fully saturated rings. The van der Waals surface area contributed by atoms with Crippen molar-refractivity contribution in [1.82, 2.24) is 0 Å². The molecule has 0 saturated heterocycles. The van der Waals surface area contributed by atoms with Crippen molar-refractivity contribution in [3.63, 3.8) is 0 Å². The molecule has 0 saturated carbocycles. The van der Waals surface area contributed by atoms with Crippen molar-refractivity contribution < 1.29 is 27.4 Å². The number of hydrogen-bond donors (Lipinski definition) is 1. The fraction of sp³-hybridized carbons (Fsp3) is 0.533. The van der Waals surface area contributed by atoms with Gasteiger partial charge in [-0.2, -0.15) is 0 Å². The van der Waals surface area contributed by atoms with Crippen LogP contribution in [0.25, 0.3) is 0 Å². The van der Waals surface area contributed by atoms with Crippen LogP contribution in [-0.4, -0.2) is 26.1 Å². The lowest BCUT2D eigenvalue weighted by Crippen LogP contribution is -2.42. The van der Waals surface area contributed by atoms with E-state index in [2.05, 4.69) is 10.1 Å². The second-order valence-corrected chi connectivity index (χ2v) is 12.1. The number of alkyl halides is 3. The predicted octanol–water partition coefficient (Wildman–Crippen LogP) is 4.48. The quantitative estimate of drug-likeness (QED) is 0.819. The van der Waals surface area contributed by atoms with Gasteiger partial charge < -0.3 is 9.47 Å². The van der Waals surface area contributed by atoms with E-state index < -0.39 is 26.1 Å². The number of benzene rings is 1. The van der Waals surface area contributed by atoms with E-state index in [9.17, 15) is 18.0 Å². The van der Waals surface area contributed by atoms with Crippen molar-refractivity contribution >= 4 is 25.0 Å². The molecule has 23 heavy (non-hydrogen) atoms. The molecular formula is C15H22F3NO3Si. The molecule has 0 heterocycles. The van der Waals surface area contributed by atoms with Crippen LogP contribution in [0.3, 0.4) is 0 Å². The summed E-state index contributed by atoms with van der Waals surface area (Å²) in [6.45, 7) is 10.7. The van der Waals surface area contributed by atoms with Crippen molar-refractivity contribution in [2.75, 3.05) is 5.32 Å². The maximum atomic E-state index is 12.6. The molecule has 0 aliphatic carbocycles. The summed E-state index contributed by atoms with van der Waals surface area (Å²) in [5.74, 6) is -0.287. The van der Waals surface area contributed by atoms with E-state index in [-0.39, 0.29) is 11.4 Å². The standard InChI is InChI=1S/C15H22F3NO3Si/c1-14(2,3)22-13(20)19-10-8-7-9-11(21-15(16,17)18)12(10)23(4,5)6/h7-9H,1-6H3,(H,19,20). The van der Waals surface area contributed by atoms with Crippen molar-refractivity contribution in [1.29, 1.82) is 0 Å². The van der Waals surface area contributed by atoms with E-state index in [1.165, 1.54) is 12.1 Å². The highest BCUT2D eigenvalue weighted by Gasteiger charge is 2.35. The van der Waals surface area contributed by atoms with Gasteiger partial charge >= 0.3 is 12.5 Å². The second kappa shape index (κ2) is 6.43. The average Bonchev–Trinajstić information content (AvgIpc) is 2.21. The van der Waals surface area contributed by atoms with Crippen LogP contribution in [0.5, 0.6) is 5.75 Å². The van der Waals surface area contributed by atoms with Gasteiger partial charge in [-0.15, -0.1) is 13.2 Å². The molecule has 0 aliphatic rings. The molecule has 0 aliphatic heterocycles. The molecule has 0 aromatic heterocycles. The Morgan fingerprint density at radius 3 is 2.13 bits per heavy atom. The number of rotatable bonds is 3. The molecule has 4 nitrogen and oxygen atoms in total. The Bertz CT molecular complexity index is 575. The molecule has 0 bridgehead atoms. The Labute approximate surface area is 135 Å². The van der Waals surface area contributed by atoms with E-state index in [1.54, 1.807) is 26.8 Å². The Balaban J connectivity index is 3.22. The smallest absolute Gasteiger partial charge is 0.444 e. The minimum atomic E-state index is -4.79. The summed E-state index contributed by atoms with van der Waals surface area (Å²) in [6.07, 6.45) is -5.51. The number of anilines is 1. The molecule has 1 aromatic carbocycles. The Morgan fingerprint density at radius 1 is 1.13 bits per heavy atom. The van der Waals surface area contributed by atoms with Gasteiger partial charge in [0.05, 0.1) is 8.07 Å². The van der Waals surface area contributed by atoms with Gasteiger partial charge in [-0.05, 0) is 32.9 Å². The highest BCUT2D eigenvalue weighted by molar-refractivity contribution is 6.90. The van der Waals surface area contributed by atoms with Crippen LogP contribution < -0.4 is 15.2 Å². The van der Waals surface area contributed by atoms with Crippen LogP contribution >= 0.6 is 0 Å². The summed E-state index contributed by atoms with van der Waals surface area (Å²) < 4.78 is 47.1. The van der Waals surface area contributed by atoms with E-state index in [0.29, 0.717) is 5.19 Å². The van der Waals surface area contributed by atoms with Gasteiger partial charge in [0.1, 0.15) is 11.4 Å². The van der Waals surface area contributed by atoms with Crippen molar-refractivity contribution in [3.8, 4) is 5.75 Å². The van der Waals surface area contributed by atoms with E-state index in [1.807, 2.05) is 19.6 Å². The maximum Gasteiger partial charge on any atom is 0.573 e. The number of halogens is 3. The van der Waals surface area contributed by atoms with Gasteiger partial charge in [-0.25, -0.2) is 4.79 Å². The minimum absolute atomic E-state index is 0.278. The van der Waals surface area contributed by atoms with E-state index in [0.717, 1.165) is 0 Å². The fourth-order valence-corrected chi connectivity index (χ4v) is 3.86. The first-order valence-corrected chi connectivity index (χ1v) is 10.6. The van der Waals surface area contributed by atoms with E-state index >= 15 is 0 Å². The average molecular weight is 349 g/mol. The number of carbonyl (C=O) groups excluding carboxylic acids is 1. The fourth-order valence-electron chi connectivity index (χ4n) is 2.03. The topological polar surface area (TPSA) is 47.6 Å². The zero-order valence-corrected chi connectivity index (χ0v) is 15.1. The third kappa shape index (κ3) is 6.51. The highest BCUT2D eigenvalue weighted by Crippen LogP contribution is 2.27. The number of nitrogens with one attached hydrogen (secondary N) is 1. The molecule has 0 atom stereocenters. The molecule has 8 heteroatoms. The van der Waals surface area contributed by atoms with Crippen molar-refractivity contribution in [2.45, 2.75) is 52.4 Å². The van der Waals surface area contributed by atoms with Gasteiger partial charge in [-0.3, -0.25) is 5.32 Å². The number of hydrogen-bond acceptors (Lipinski definition) is 3. The summed E-state index contributed by atoms with van der Waals surface area (Å²) in [5, 5.41) is 2.90. The first kappa shape index (κ1) is 19.3. The third-order valence-corrected chi connectivity index (χ3v) is 4.65. The normalized spacial score (nSPS) is 12.7. The lowest BCUT2D eigenvalue weighted by molar-refractivity contribution is -0.274. The van der Waals surface area contributed by atoms with Gasteiger partial charge in [0, 0.05) is 10.9 Å². The lowest BCUT2D eigenvalue weighted by atomic mass is 10.2. The van der Waals surface area contributed by atoms with Crippen molar-refractivity contribution in [3.05, 3.63) is 18.2 Å². The van der Waals surface area contributed by atoms with Gasteiger partial charge in [0.25, 0.3) is 0 Å². The van der Waals surface area contributed by atoms with Crippen LogP contribution in [0.2, 0.25) is 19.6 Å². The second-order valence-electron chi connectivity index (χ2n) is 7.10. The maximum absolute atomic E-state index is 12.6. The van der Waals surface area contributed by atoms with Crippen LogP contribution in [0.4, 0.5) is 23.7 Å². The lowest BCUT2D eigenvalue weighted by Gasteiger charge is -2.26. The first-order chi connectivity index (χ1) is 10.2. The number of amides is 1. The zero-order valence-electron chi connectivity index (χ0n) is 14.1. The van der Waals surface area contributed by atoms with Gasteiger partial charge in [-0.1, -0.05) is 25.7 Å². The summed E-state index contributed by atoms with van der Waals surface area (Å²) in [5.41, 5.74) is -0.427. The summed E-state index contributed by atoms with van der Waals surface area (Å²) in [7, 11) is -2.24. The Morgan fingerprint density at radius 2 is 1.70 bits per heavy atom. The SMILES string of the molecule is CC(C)(C)OC(=O)Nc1cccc(OC(F)(F)F)c1[Si](C)(C)C. The predicted molar refractivity (Wildman–Crippen MR) is 86.0 cm³/mol. The Hall–Kier alpha value is -1.70.